The lowest BCUT2D eigenvalue weighted by atomic mass is 9.94. The summed E-state index contributed by atoms with van der Waals surface area (Å²) >= 11 is 0. The van der Waals surface area contributed by atoms with E-state index in [-0.39, 0.29) is 24.0 Å². The van der Waals surface area contributed by atoms with E-state index in [0.717, 1.165) is 42.0 Å². The Kier molecular flexibility index (Phi) is 5.53. The van der Waals surface area contributed by atoms with E-state index < -0.39 is 0 Å². The van der Waals surface area contributed by atoms with Gasteiger partial charge >= 0.3 is 0 Å². The van der Waals surface area contributed by atoms with Crippen molar-refractivity contribution >= 4 is 5.91 Å². The molecule has 2 N–H and O–H groups in total. The number of carbonyl (C=O) groups is 1. The van der Waals surface area contributed by atoms with Crippen LogP contribution in [-0.4, -0.2) is 28.8 Å². The van der Waals surface area contributed by atoms with Crippen molar-refractivity contribution in [3.8, 4) is 0 Å². The van der Waals surface area contributed by atoms with Crippen LogP contribution in [0, 0.1) is 13.8 Å². The van der Waals surface area contributed by atoms with Gasteiger partial charge in [-0.2, -0.15) is 5.10 Å². The minimum absolute atomic E-state index is 0.0526. The van der Waals surface area contributed by atoms with Crippen LogP contribution < -0.4 is 5.32 Å². The number of hydrogen-bond donors (Lipinski definition) is 2. The van der Waals surface area contributed by atoms with Crippen LogP contribution in [0.5, 0.6) is 0 Å². The second-order valence-corrected chi connectivity index (χ2v) is 6.96. The quantitative estimate of drug-likeness (QED) is 0.844. The fourth-order valence-corrected chi connectivity index (χ4v) is 3.81. The Morgan fingerprint density at radius 1 is 1.36 bits per heavy atom. The summed E-state index contributed by atoms with van der Waals surface area (Å²) in [7, 11) is 0. The average molecular weight is 341 g/mol. The molecule has 25 heavy (non-hydrogen) atoms. The maximum Gasteiger partial charge on any atom is 0.221 e. The van der Waals surface area contributed by atoms with Gasteiger partial charge in [0.25, 0.3) is 0 Å². The molecule has 0 spiro atoms. The summed E-state index contributed by atoms with van der Waals surface area (Å²) in [5.74, 6) is 0.177. The zero-order chi connectivity index (χ0) is 17.8. The fraction of sp³-hybridized carbons (Fsp3) is 0.500. The number of hydrogen-bond acceptors (Lipinski definition) is 3. The third-order valence-electron chi connectivity index (χ3n) is 4.98. The molecule has 0 radical (unpaired) electrons. The molecule has 2 aromatic rings. The zero-order valence-electron chi connectivity index (χ0n) is 15.2. The Hall–Kier alpha value is -2.14. The predicted octanol–water partition coefficient (Wildman–Crippen LogP) is 3.56. The van der Waals surface area contributed by atoms with Gasteiger partial charge in [-0.05, 0) is 43.7 Å². The molecule has 3 rings (SSSR count). The molecule has 0 unspecified atom stereocenters. The van der Waals surface area contributed by atoms with E-state index >= 15 is 0 Å². The van der Waals surface area contributed by atoms with Crippen LogP contribution in [0.3, 0.4) is 0 Å². The number of H-pyrrole nitrogens is 1. The lowest BCUT2D eigenvalue weighted by Gasteiger charge is -2.25. The third-order valence-corrected chi connectivity index (χ3v) is 4.98. The lowest BCUT2D eigenvalue weighted by molar-refractivity contribution is -0.123. The molecule has 0 aliphatic carbocycles. The van der Waals surface area contributed by atoms with Crippen LogP contribution in [0.4, 0.5) is 0 Å². The average Bonchev–Trinajstić information content (AvgIpc) is 3.23. The predicted molar refractivity (Wildman–Crippen MR) is 97.4 cm³/mol. The van der Waals surface area contributed by atoms with Gasteiger partial charge in [0, 0.05) is 18.7 Å². The summed E-state index contributed by atoms with van der Waals surface area (Å²) in [6.07, 6.45) is 2.53. The molecular weight excluding hydrogens is 314 g/mol. The van der Waals surface area contributed by atoms with Crippen molar-refractivity contribution in [3.63, 3.8) is 0 Å². The van der Waals surface area contributed by atoms with Gasteiger partial charge in [0.1, 0.15) is 0 Å². The van der Waals surface area contributed by atoms with Crippen molar-refractivity contribution in [2.45, 2.75) is 58.1 Å². The SMILES string of the molecule is Cc1n[nH]c(C)c1[C@H](C)CC(=O)N[C@H](c1ccccc1)[C@H]1CCCO1. The van der Waals surface area contributed by atoms with Gasteiger partial charge < -0.3 is 10.1 Å². The van der Waals surface area contributed by atoms with Crippen molar-refractivity contribution in [3.05, 3.63) is 52.8 Å². The van der Waals surface area contributed by atoms with Crippen LogP contribution in [0.1, 0.15) is 60.7 Å². The molecule has 1 fully saturated rings. The molecule has 1 aromatic heterocycles. The zero-order valence-corrected chi connectivity index (χ0v) is 15.2. The molecule has 134 valence electrons. The first-order valence-electron chi connectivity index (χ1n) is 9.03. The molecule has 5 nitrogen and oxygen atoms in total. The minimum atomic E-state index is -0.0880. The second kappa shape index (κ2) is 7.83. The summed E-state index contributed by atoms with van der Waals surface area (Å²) in [5.41, 5.74) is 4.25. The Labute approximate surface area is 149 Å². The normalized spacial score (nSPS) is 19.6. The van der Waals surface area contributed by atoms with E-state index in [1.54, 1.807) is 0 Å². The number of aryl methyl sites for hydroxylation is 2. The number of benzene rings is 1. The molecule has 3 atom stereocenters. The van der Waals surface area contributed by atoms with E-state index in [2.05, 4.69) is 34.6 Å². The van der Waals surface area contributed by atoms with Crippen LogP contribution in [-0.2, 0) is 9.53 Å². The highest BCUT2D eigenvalue weighted by atomic mass is 16.5. The number of aromatic nitrogens is 2. The number of carbonyl (C=O) groups excluding carboxylic acids is 1. The monoisotopic (exact) mass is 341 g/mol. The number of nitrogens with zero attached hydrogens (tertiary/aromatic N) is 1. The van der Waals surface area contributed by atoms with E-state index in [4.69, 9.17) is 4.74 Å². The molecule has 2 heterocycles. The van der Waals surface area contributed by atoms with Crippen molar-refractivity contribution in [2.24, 2.45) is 0 Å². The van der Waals surface area contributed by atoms with Crippen LogP contribution >= 0.6 is 0 Å². The number of rotatable bonds is 6. The smallest absolute Gasteiger partial charge is 0.221 e. The maximum atomic E-state index is 12.7. The van der Waals surface area contributed by atoms with Crippen LogP contribution in [0.25, 0.3) is 0 Å². The Morgan fingerprint density at radius 3 is 2.72 bits per heavy atom. The highest BCUT2D eigenvalue weighted by Gasteiger charge is 2.29. The van der Waals surface area contributed by atoms with Crippen LogP contribution in [0.15, 0.2) is 30.3 Å². The second-order valence-electron chi connectivity index (χ2n) is 6.96. The number of amides is 1. The first-order chi connectivity index (χ1) is 12.1. The molecule has 1 aromatic carbocycles. The lowest BCUT2D eigenvalue weighted by Crippen LogP contribution is -2.36. The van der Waals surface area contributed by atoms with Crippen molar-refractivity contribution in [1.29, 1.82) is 0 Å². The van der Waals surface area contributed by atoms with Crippen molar-refractivity contribution in [2.75, 3.05) is 6.61 Å². The van der Waals surface area contributed by atoms with Crippen LogP contribution in [0.2, 0.25) is 0 Å². The molecule has 0 saturated carbocycles. The molecule has 1 aliphatic heterocycles. The van der Waals surface area contributed by atoms with Gasteiger partial charge in [-0.25, -0.2) is 0 Å². The van der Waals surface area contributed by atoms with E-state index in [0.29, 0.717) is 6.42 Å². The summed E-state index contributed by atoms with van der Waals surface area (Å²) < 4.78 is 5.86. The van der Waals surface area contributed by atoms with Gasteiger partial charge in [-0.1, -0.05) is 37.3 Å². The molecule has 1 aliphatic rings. The van der Waals surface area contributed by atoms with Crippen molar-refractivity contribution in [1.82, 2.24) is 15.5 Å². The topological polar surface area (TPSA) is 67.0 Å². The summed E-state index contributed by atoms with van der Waals surface area (Å²) in [5, 5.41) is 10.5. The Morgan fingerprint density at radius 2 is 2.12 bits per heavy atom. The molecular formula is C20H27N3O2. The number of nitrogens with one attached hydrogen (secondary N) is 2. The number of aromatic amines is 1. The standard InChI is InChI=1S/C20H27N3O2/c1-13(19-14(2)22-23-15(19)3)12-18(24)21-20(17-10-7-11-25-17)16-8-5-4-6-9-16/h4-6,8-9,13,17,20H,7,10-12H2,1-3H3,(H,21,24)(H,22,23)/t13-,17-,20-/m1/s1. The molecule has 5 heteroatoms. The minimum Gasteiger partial charge on any atom is -0.376 e. The third kappa shape index (κ3) is 4.10. The highest BCUT2D eigenvalue weighted by Crippen LogP contribution is 2.28. The van der Waals surface area contributed by atoms with Gasteiger partial charge in [0.05, 0.1) is 17.8 Å². The first-order valence-corrected chi connectivity index (χ1v) is 9.03. The fourth-order valence-electron chi connectivity index (χ4n) is 3.81. The van der Waals surface area contributed by atoms with E-state index in [1.807, 2.05) is 32.0 Å². The van der Waals surface area contributed by atoms with Gasteiger partial charge in [0.2, 0.25) is 5.91 Å². The summed E-state index contributed by atoms with van der Waals surface area (Å²) in [6.45, 7) is 6.83. The number of ether oxygens (including phenoxy) is 1. The molecule has 1 amide bonds. The Balaban J connectivity index is 1.70. The van der Waals surface area contributed by atoms with E-state index in [9.17, 15) is 4.79 Å². The summed E-state index contributed by atoms with van der Waals surface area (Å²) in [6, 6.07) is 10.0. The largest absolute Gasteiger partial charge is 0.376 e. The molecule has 0 bridgehead atoms. The highest BCUT2D eigenvalue weighted by molar-refractivity contribution is 5.77. The molecule has 1 saturated heterocycles. The van der Waals surface area contributed by atoms with Gasteiger partial charge in [0.15, 0.2) is 0 Å². The van der Waals surface area contributed by atoms with Crippen molar-refractivity contribution < 1.29 is 9.53 Å². The van der Waals surface area contributed by atoms with Gasteiger partial charge in [-0.15, -0.1) is 0 Å². The Bertz CT molecular complexity index is 685. The van der Waals surface area contributed by atoms with E-state index in [1.165, 1.54) is 0 Å². The first kappa shape index (κ1) is 17.7. The maximum absolute atomic E-state index is 12.7. The van der Waals surface area contributed by atoms with Gasteiger partial charge in [-0.3, -0.25) is 9.89 Å². The summed E-state index contributed by atoms with van der Waals surface area (Å²) in [4.78, 5) is 12.7.